The van der Waals surface area contributed by atoms with Crippen LogP contribution in [0.1, 0.15) is 13.3 Å². The van der Waals surface area contributed by atoms with Crippen molar-refractivity contribution in [2.24, 2.45) is 11.0 Å². The Labute approximate surface area is 169 Å². The first-order valence-electron chi connectivity index (χ1n) is 9.26. The van der Waals surface area contributed by atoms with Gasteiger partial charge < -0.3 is 4.74 Å². The standard InChI is InChI=1S/C21H17F4N3O2/c1-2-28-19-6-3-15(9-14(19)12-26-28)27-8-7-13(10-20(27)29)17-5-4-16(11-18(17)22)30-21(23,24)25/h3-8,10-12,14H,2,9H2,1H3. The largest absolute Gasteiger partial charge is 0.573 e. The maximum Gasteiger partial charge on any atom is 0.573 e. The summed E-state index contributed by atoms with van der Waals surface area (Å²) in [6.07, 6.45) is 2.86. The van der Waals surface area contributed by atoms with Gasteiger partial charge in [-0.05, 0) is 42.8 Å². The number of alkyl halides is 3. The average Bonchev–Trinajstić information content (AvgIpc) is 3.09. The van der Waals surface area contributed by atoms with E-state index < -0.39 is 17.9 Å². The first-order chi connectivity index (χ1) is 14.2. The zero-order chi connectivity index (χ0) is 21.5. The van der Waals surface area contributed by atoms with Crippen LogP contribution in [0.5, 0.6) is 5.75 Å². The number of hydrazone groups is 1. The second kappa shape index (κ2) is 7.47. The van der Waals surface area contributed by atoms with Gasteiger partial charge in [-0.2, -0.15) is 5.10 Å². The predicted octanol–water partition coefficient (Wildman–Crippen LogP) is 4.62. The highest BCUT2D eigenvalue weighted by atomic mass is 19.4. The van der Waals surface area contributed by atoms with Gasteiger partial charge in [-0.25, -0.2) is 4.39 Å². The number of fused-ring (bicyclic) bond motifs is 1. The molecule has 0 fully saturated rings. The van der Waals surface area contributed by atoms with Gasteiger partial charge >= 0.3 is 6.36 Å². The normalized spacial score (nSPS) is 18.2. The Kier molecular flexibility index (Phi) is 4.97. The fourth-order valence-corrected chi connectivity index (χ4v) is 3.59. The molecule has 1 atom stereocenters. The number of hydrogen-bond acceptors (Lipinski definition) is 4. The number of halogens is 4. The van der Waals surface area contributed by atoms with Crippen LogP contribution >= 0.6 is 0 Å². The van der Waals surface area contributed by atoms with E-state index >= 15 is 0 Å². The highest BCUT2D eigenvalue weighted by molar-refractivity contribution is 5.73. The lowest BCUT2D eigenvalue weighted by Gasteiger charge is -2.23. The first kappa shape index (κ1) is 19.9. The molecule has 0 radical (unpaired) electrons. The minimum Gasteiger partial charge on any atom is -0.406 e. The summed E-state index contributed by atoms with van der Waals surface area (Å²) in [6.45, 7) is 2.76. The molecule has 5 nitrogen and oxygen atoms in total. The number of aromatic nitrogens is 1. The first-order valence-corrected chi connectivity index (χ1v) is 9.26. The van der Waals surface area contributed by atoms with Crippen molar-refractivity contribution in [3.63, 3.8) is 0 Å². The van der Waals surface area contributed by atoms with Crippen molar-refractivity contribution in [1.82, 2.24) is 9.58 Å². The molecule has 0 spiro atoms. The lowest BCUT2D eigenvalue weighted by atomic mass is 9.96. The van der Waals surface area contributed by atoms with E-state index in [1.54, 1.807) is 6.07 Å². The van der Waals surface area contributed by atoms with Crippen LogP contribution < -0.4 is 10.3 Å². The Balaban J connectivity index is 1.61. The summed E-state index contributed by atoms with van der Waals surface area (Å²) in [5, 5.41) is 6.24. The summed E-state index contributed by atoms with van der Waals surface area (Å²) in [5.41, 5.74) is 1.76. The van der Waals surface area contributed by atoms with Gasteiger partial charge in [-0.1, -0.05) is 0 Å². The van der Waals surface area contributed by atoms with Crippen molar-refractivity contribution in [1.29, 1.82) is 0 Å². The van der Waals surface area contributed by atoms with E-state index in [0.29, 0.717) is 12.5 Å². The van der Waals surface area contributed by atoms with E-state index in [-0.39, 0.29) is 22.6 Å². The Morgan fingerprint density at radius 3 is 2.67 bits per heavy atom. The highest BCUT2D eigenvalue weighted by Crippen LogP contribution is 2.33. The molecule has 2 aliphatic rings. The smallest absolute Gasteiger partial charge is 0.406 e. The summed E-state index contributed by atoms with van der Waals surface area (Å²) in [7, 11) is 0. The molecule has 1 aromatic heterocycles. The minimum atomic E-state index is -4.91. The number of pyridine rings is 1. The van der Waals surface area contributed by atoms with E-state index in [9.17, 15) is 22.4 Å². The molecule has 0 N–H and O–H groups in total. The van der Waals surface area contributed by atoms with E-state index in [1.165, 1.54) is 16.8 Å². The molecular weight excluding hydrogens is 402 g/mol. The minimum absolute atomic E-state index is 0.00935. The monoisotopic (exact) mass is 419 g/mol. The van der Waals surface area contributed by atoms with Crippen molar-refractivity contribution in [3.05, 3.63) is 70.5 Å². The summed E-state index contributed by atoms with van der Waals surface area (Å²) in [4.78, 5) is 12.7. The van der Waals surface area contributed by atoms with Crippen molar-refractivity contribution in [2.45, 2.75) is 19.7 Å². The molecule has 0 amide bonds. The molecule has 1 unspecified atom stereocenters. The molecule has 9 heteroatoms. The number of benzene rings is 1. The van der Waals surface area contributed by atoms with Crippen LogP contribution in [-0.4, -0.2) is 28.7 Å². The third kappa shape index (κ3) is 3.87. The van der Waals surface area contributed by atoms with E-state index in [2.05, 4.69) is 9.84 Å². The van der Waals surface area contributed by atoms with Crippen molar-refractivity contribution < 1.29 is 22.3 Å². The molecule has 0 saturated heterocycles. The lowest BCUT2D eigenvalue weighted by molar-refractivity contribution is -0.274. The highest BCUT2D eigenvalue weighted by Gasteiger charge is 2.31. The van der Waals surface area contributed by atoms with Crippen molar-refractivity contribution in [2.75, 3.05) is 6.54 Å². The second-order valence-corrected chi connectivity index (χ2v) is 6.85. The molecular formula is C21H17F4N3O2. The molecule has 0 bridgehead atoms. The average molecular weight is 419 g/mol. The van der Waals surface area contributed by atoms with Crippen LogP contribution in [0.4, 0.5) is 17.6 Å². The van der Waals surface area contributed by atoms with Gasteiger partial charge in [0.05, 0.1) is 0 Å². The Morgan fingerprint density at radius 1 is 1.20 bits per heavy atom. The van der Waals surface area contributed by atoms with Gasteiger partial charge in [0, 0.05) is 60.4 Å². The molecule has 1 aliphatic carbocycles. The number of rotatable bonds is 4. The molecule has 1 aliphatic heterocycles. The zero-order valence-electron chi connectivity index (χ0n) is 15.9. The van der Waals surface area contributed by atoms with Crippen LogP contribution in [0.2, 0.25) is 0 Å². The topological polar surface area (TPSA) is 46.8 Å². The maximum atomic E-state index is 14.3. The third-order valence-corrected chi connectivity index (χ3v) is 4.95. The number of ether oxygens (including phenoxy) is 1. The summed E-state index contributed by atoms with van der Waals surface area (Å²) in [6, 6.07) is 5.60. The van der Waals surface area contributed by atoms with Gasteiger partial charge in [-0.15, -0.1) is 13.2 Å². The second-order valence-electron chi connectivity index (χ2n) is 6.85. The molecule has 2 aromatic rings. The van der Waals surface area contributed by atoms with Gasteiger partial charge in [0.1, 0.15) is 11.6 Å². The Hall–Kier alpha value is -3.36. The number of allylic oxidation sites excluding steroid dienone is 4. The molecule has 1 aromatic carbocycles. The van der Waals surface area contributed by atoms with Gasteiger partial charge in [0.2, 0.25) is 0 Å². The third-order valence-electron chi connectivity index (χ3n) is 4.95. The quantitative estimate of drug-likeness (QED) is 0.680. The van der Waals surface area contributed by atoms with Gasteiger partial charge in [-0.3, -0.25) is 14.4 Å². The Morgan fingerprint density at radius 2 is 2.00 bits per heavy atom. The lowest BCUT2D eigenvalue weighted by Crippen LogP contribution is -2.23. The zero-order valence-corrected chi connectivity index (χ0v) is 15.9. The summed E-state index contributed by atoms with van der Waals surface area (Å²) >= 11 is 0. The summed E-state index contributed by atoms with van der Waals surface area (Å²) in [5.74, 6) is -1.48. The van der Waals surface area contributed by atoms with Crippen molar-refractivity contribution in [3.8, 4) is 16.9 Å². The maximum absolute atomic E-state index is 14.3. The van der Waals surface area contributed by atoms with E-state index in [1.807, 2.05) is 30.3 Å². The van der Waals surface area contributed by atoms with Crippen LogP contribution in [-0.2, 0) is 0 Å². The van der Waals surface area contributed by atoms with Crippen LogP contribution in [0, 0.1) is 11.7 Å². The molecule has 156 valence electrons. The van der Waals surface area contributed by atoms with Crippen LogP contribution in [0.3, 0.4) is 0 Å². The van der Waals surface area contributed by atoms with Gasteiger partial charge in [0.25, 0.3) is 5.56 Å². The van der Waals surface area contributed by atoms with E-state index in [4.69, 9.17) is 0 Å². The number of hydrogen-bond donors (Lipinski definition) is 0. The fourth-order valence-electron chi connectivity index (χ4n) is 3.59. The molecule has 2 heterocycles. The molecule has 4 rings (SSSR count). The predicted molar refractivity (Wildman–Crippen MR) is 104 cm³/mol. The van der Waals surface area contributed by atoms with Gasteiger partial charge in [0.15, 0.2) is 0 Å². The molecule has 0 saturated carbocycles. The van der Waals surface area contributed by atoms with Crippen LogP contribution in [0.15, 0.2) is 64.3 Å². The van der Waals surface area contributed by atoms with Crippen molar-refractivity contribution >= 4 is 11.9 Å². The van der Waals surface area contributed by atoms with Crippen LogP contribution in [0.25, 0.3) is 16.8 Å². The van der Waals surface area contributed by atoms with E-state index in [0.717, 1.165) is 30.1 Å². The molecule has 30 heavy (non-hydrogen) atoms. The Bertz CT molecular complexity index is 1130. The summed E-state index contributed by atoms with van der Waals surface area (Å²) < 4.78 is 56.4. The SMILES string of the molecule is CCN1N=CC2CC(n3ccc(-c4ccc(OC(F)(F)F)cc4F)cc3=O)=CC=C21. The fraction of sp³-hybridized carbons (Fsp3) is 0.238. The number of nitrogens with zero attached hydrogens (tertiary/aromatic N) is 3.